The summed E-state index contributed by atoms with van der Waals surface area (Å²) in [4.78, 5) is 11.3. The Morgan fingerprint density at radius 1 is 1.28 bits per heavy atom. The third kappa shape index (κ3) is 2.33. The quantitative estimate of drug-likeness (QED) is 0.789. The molecule has 2 rings (SSSR count). The first kappa shape index (κ1) is 12.9. The average Bonchev–Trinajstić information content (AvgIpc) is 2.53. The van der Waals surface area contributed by atoms with Gasteiger partial charge in [0.05, 0.1) is 0 Å². The van der Waals surface area contributed by atoms with Gasteiger partial charge in [-0.05, 0) is 35.6 Å². The van der Waals surface area contributed by atoms with Crippen LogP contribution in [0.3, 0.4) is 0 Å². The minimum absolute atomic E-state index is 0.136. The van der Waals surface area contributed by atoms with Crippen LogP contribution < -0.4 is 0 Å². The van der Waals surface area contributed by atoms with Crippen LogP contribution in [0.15, 0.2) is 24.4 Å². The first-order valence-electron chi connectivity index (χ1n) is 6.37. The molecule has 0 aliphatic rings. The second kappa shape index (κ2) is 4.27. The smallest absolute Gasteiger partial charge is 0.134 e. The first-order chi connectivity index (χ1) is 8.29. The number of nitrogens with zero attached hydrogens (tertiary/aromatic N) is 1. The lowest BCUT2D eigenvalue weighted by Gasteiger charge is -2.19. The Balaban J connectivity index is 2.62. The molecule has 0 saturated heterocycles. The van der Waals surface area contributed by atoms with E-state index < -0.39 is 0 Å². The van der Waals surface area contributed by atoms with Crippen molar-refractivity contribution in [3.8, 4) is 0 Å². The normalized spacial score (nSPS) is 12.1. The van der Waals surface area contributed by atoms with E-state index in [-0.39, 0.29) is 11.2 Å². The molecule has 1 aromatic heterocycles. The predicted octanol–water partition coefficient (Wildman–Crippen LogP) is 3.61. The minimum Gasteiger partial charge on any atom is -0.350 e. The second-order valence-corrected chi connectivity index (χ2v) is 6.13. The van der Waals surface area contributed by atoms with Gasteiger partial charge in [-0.15, -0.1) is 0 Å². The van der Waals surface area contributed by atoms with Crippen molar-refractivity contribution in [3.63, 3.8) is 0 Å². The lowest BCUT2D eigenvalue weighted by atomic mass is 9.86. The summed E-state index contributed by atoms with van der Waals surface area (Å²) in [6, 6.07) is 6.56. The van der Waals surface area contributed by atoms with Gasteiger partial charge in [0.2, 0.25) is 0 Å². The molecule has 0 saturated carbocycles. The van der Waals surface area contributed by atoms with Gasteiger partial charge < -0.3 is 4.57 Å². The average molecular weight is 243 g/mol. The molecule has 0 radical (unpaired) electrons. The fourth-order valence-corrected chi connectivity index (χ4v) is 2.35. The zero-order chi connectivity index (χ0) is 13.5. The Bertz CT molecular complexity index is 599. The third-order valence-electron chi connectivity index (χ3n) is 3.38. The van der Waals surface area contributed by atoms with E-state index in [1.807, 2.05) is 7.05 Å². The molecule has 0 aliphatic heterocycles. The standard InChI is InChI=1S/C16H21NO/c1-11(18)8-12-10-17(5)15-7-6-13(9-14(12)15)16(2,3)4/h6-7,9-10H,8H2,1-5H3. The Morgan fingerprint density at radius 2 is 1.94 bits per heavy atom. The molecule has 0 fully saturated rings. The van der Waals surface area contributed by atoms with Gasteiger partial charge in [-0.2, -0.15) is 0 Å². The van der Waals surface area contributed by atoms with Crippen molar-refractivity contribution in [2.24, 2.45) is 7.05 Å². The summed E-state index contributed by atoms with van der Waals surface area (Å²) >= 11 is 0. The van der Waals surface area contributed by atoms with Gasteiger partial charge in [0.25, 0.3) is 0 Å². The number of carbonyl (C=O) groups is 1. The molecule has 2 heteroatoms. The summed E-state index contributed by atoms with van der Waals surface area (Å²) in [5, 5.41) is 1.21. The van der Waals surface area contributed by atoms with Crippen LogP contribution in [0.5, 0.6) is 0 Å². The number of carbonyl (C=O) groups excluding carboxylic acids is 1. The number of ketones is 1. The number of hydrogen-bond donors (Lipinski definition) is 0. The van der Waals surface area contributed by atoms with Crippen LogP contribution in [0, 0.1) is 0 Å². The molecule has 2 nitrogen and oxygen atoms in total. The summed E-state index contributed by atoms with van der Waals surface area (Å²) in [7, 11) is 2.03. The molecule has 0 spiro atoms. The maximum atomic E-state index is 11.3. The number of hydrogen-bond acceptors (Lipinski definition) is 1. The molecule has 0 bridgehead atoms. The monoisotopic (exact) mass is 243 g/mol. The molecule has 1 aromatic carbocycles. The molecule has 0 amide bonds. The first-order valence-corrected chi connectivity index (χ1v) is 6.37. The van der Waals surface area contributed by atoms with E-state index in [2.05, 4.69) is 49.7 Å². The third-order valence-corrected chi connectivity index (χ3v) is 3.38. The number of aromatic nitrogens is 1. The lowest BCUT2D eigenvalue weighted by molar-refractivity contribution is -0.116. The van der Waals surface area contributed by atoms with E-state index in [4.69, 9.17) is 0 Å². The molecule has 18 heavy (non-hydrogen) atoms. The van der Waals surface area contributed by atoms with Crippen molar-refractivity contribution >= 4 is 16.7 Å². The van der Waals surface area contributed by atoms with E-state index in [9.17, 15) is 4.79 Å². The minimum atomic E-state index is 0.136. The number of aryl methyl sites for hydroxylation is 1. The zero-order valence-corrected chi connectivity index (χ0v) is 11.9. The van der Waals surface area contributed by atoms with E-state index >= 15 is 0 Å². The van der Waals surface area contributed by atoms with E-state index in [1.165, 1.54) is 16.5 Å². The van der Waals surface area contributed by atoms with Crippen LogP contribution in [-0.2, 0) is 23.7 Å². The molecular weight excluding hydrogens is 222 g/mol. The Kier molecular flexibility index (Phi) is 3.05. The van der Waals surface area contributed by atoms with Crippen molar-refractivity contribution in [3.05, 3.63) is 35.5 Å². The van der Waals surface area contributed by atoms with Gasteiger partial charge in [-0.1, -0.05) is 26.8 Å². The van der Waals surface area contributed by atoms with Crippen LogP contribution in [0.1, 0.15) is 38.8 Å². The molecule has 96 valence electrons. The maximum Gasteiger partial charge on any atom is 0.134 e. The number of Topliss-reactive ketones (excluding diaryl/α,β-unsaturated/α-hetero) is 1. The molecular formula is C16H21NO. The van der Waals surface area contributed by atoms with Gasteiger partial charge >= 0.3 is 0 Å². The van der Waals surface area contributed by atoms with E-state index in [0.717, 1.165) is 5.56 Å². The lowest BCUT2D eigenvalue weighted by Crippen LogP contribution is -2.10. The Morgan fingerprint density at radius 3 is 2.50 bits per heavy atom. The molecule has 0 aliphatic carbocycles. The number of fused-ring (bicyclic) bond motifs is 1. The van der Waals surface area contributed by atoms with Crippen molar-refractivity contribution in [1.29, 1.82) is 0 Å². The second-order valence-electron chi connectivity index (χ2n) is 6.13. The fraction of sp³-hybridized carbons (Fsp3) is 0.438. The summed E-state index contributed by atoms with van der Waals surface area (Å²) in [5.74, 6) is 0.212. The summed E-state index contributed by atoms with van der Waals surface area (Å²) in [6.07, 6.45) is 2.59. The summed E-state index contributed by atoms with van der Waals surface area (Å²) < 4.78 is 2.10. The summed E-state index contributed by atoms with van der Waals surface area (Å²) in [6.45, 7) is 8.28. The number of rotatable bonds is 2. The highest BCUT2D eigenvalue weighted by molar-refractivity contribution is 5.89. The van der Waals surface area contributed by atoms with Gasteiger partial charge in [-0.25, -0.2) is 0 Å². The van der Waals surface area contributed by atoms with E-state index in [0.29, 0.717) is 6.42 Å². The fourth-order valence-electron chi connectivity index (χ4n) is 2.35. The highest BCUT2D eigenvalue weighted by atomic mass is 16.1. The van der Waals surface area contributed by atoms with Gasteiger partial charge in [-0.3, -0.25) is 4.79 Å². The largest absolute Gasteiger partial charge is 0.350 e. The molecule has 1 heterocycles. The highest BCUT2D eigenvalue weighted by Gasteiger charge is 2.16. The Hall–Kier alpha value is -1.57. The SMILES string of the molecule is CC(=O)Cc1cn(C)c2ccc(C(C)(C)C)cc12. The van der Waals surface area contributed by atoms with Crippen molar-refractivity contribution in [2.45, 2.75) is 39.5 Å². The van der Waals surface area contributed by atoms with Crippen LogP contribution in [0.25, 0.3) is 10.9 Å². The van der Waals surface area contributed by atoms with Crippen molar-refractivity contribution in [2.75, 3.05) is 0 Å². The predicted molar refractivity (Wildman–Crippen MR) is 76.0 cm³/mol. The van der Waals surface area contributed by atoms with Gasteiger partial charge in [0, 0.05) is 30.6 Å². The van der Waals surface area contributed by atoms with Crippen LogP contribution in [-0.4, -0.2) is 10.4 Å². The zero-order valence-electron chi connectivity index (χ0n) is 11.9. The van der Waals surface area contributed by atoms with Crippen molar-refractivity contribution in [1.82, 2.24) is 4.57 Å². The maximum absolute atomic E-state index is 11.3. The molecule has 0 unspecified atom stereocenters. The van der Waals surface area contributed by atoms with Crippen molar-refractivity contribution < 1.29 is 4.79 Å². The van der Waals surface area contributed by atoms with Gasteiger partial charge in [0.1, 0.15) is 5.78 Å². The molecule has 2 aromatic rings. The molecule has 0 N–H and O–H groups in total. The van der Waals surface area contributed by atoms with Crippen LogP contribution >= 0.6 is 0 Å². The van der Waals surface area contributed by atoms with E-state index in [1.54, 1.807) is 6.92 Å². The molecule has 0 atom stereocenters. The highest BCUT2D eigenvalue weighted by Crippen LogP contribution is 2.28. The van der Waals surface area contributed by atoms with Gasteiger partial charge in [0.15, 0.2) is 0 Å². The van der Waals surface area contributed by atoms with Crippen LogP contribution in [0.2, 0.25) is 0 Å². The Labute approximate surface area is 109 Å². The number of benzene rings is 1. The van der Waals surface area contributed by atoms with Crippen LogP contribution in [0.4, 0.5) is 0 Å². The summed E-state index contributed by atoms with van der Waals surface area (Å²) in [5.41, 5.74) is 3.77. The topological polar surface area (TPSA) is 22.0 Å².